The van der Waals surface area contributed by atoms with E-state index in [1.165, 1.54) is 17.1 Å². The first-order valence-electron chi connectivity index (χ1n) is 8.97. The predicted octanol–water partition coefficient (Wildman–Crippen LogP) is -0.161. The number of nitrogens with zero attached hydrogens (tertiary/aromatic N) is 8. The normalized spacial score (nSPS) is 15.2. The van der Waals surface area contributed by atoms with Crippen molar-refractivity contribution in [2.75, 3.05) is 37.6 Å². The molecule has 0 unspecified atom stereocenters. The van der Waals surface area contributed by atoms with Crippen LogP contribution in [0.1, 0.15) is 6.92 Å². The fourth-order valence-electron chi connectivity index (χ4n) is 2.93. The second-order valence-corrected chi connectivity index (χ2v) is 6.29. The largest absolute Gasteiger partial charge is 0.357 e. The molecule has 0 bridgehead atoms. The molecule has 0 spiro atoms. The quantitative estimate of drug-likeness (QED) is 0.315. The van der Waals surface area contributed by atoms with E-state index in [0.29, 0.717) is 38.7 Å². The number of guanidine groups is 1. The topological polar surface area (TPSA) is 127 Å². The number of carbonyl (C=O) groups is 1. The van der Waals surface area contributed by atoms with Gasteiger partial charge in [0.1, 0.15) is 18.9 Å². The lowest BCUT2D eigenvalue weighted by molar-refractivity contribution is -0.385. The third-order valence-electron chi connectivity index (χ3n) is 4.28. The molecule has 150 valence electrons. The van der Waals surface area contributed by atoms with Gasteiger partial charge in [-0.2, -0.15) is 10.2 Å². The molecule has 3 rings (SSSR count). The zero-order valence-electron chi connectivity index (χ0n) is 15.9. The van der Waals surface area contributed by atoms with Gasteiger partial charge in [0.25, 0.3) is 0 Å². The monoisotopic (exact) mass is 389 g/mol. The fourth-order valence-corrected chi connectivity index (χ4v) is 2.93. The number of nitrogens with one attached hydrogen (secondary N) is 1. The van der Waals surface area contributed by atoms with Crippen LogP contribution in [0.3, 0.4) is 0 Å². The summed E-state index contributed by atoms with van der Waals surface area (Å²) >= 11 is 0. The fraction of sp³-hybridized carbons (Fsp3) is 0.500. The molecule has 28 heavy (non-hydrogen) atoms. The minimum Gasteiger partial charge on any atom is -0.357 e. The number of rotatable bonds is 6. The first-order valence-corrected chi connectivity index (χ1v) is 8.97. The Hall–Kier alpha value is -3.44. The van der Waals surface area contributed by atoms with Gasteiger partial charge in [0, 0.05) is 32.9 Å². The van der Waals surface area contributed by atoms with Crippen LogP contribution in [0.4, 0.5) is 11.4 Å². The highest BCUT2D eigenvalue weighted by Crippen LogP contribution is 2.16. The van der Waals surface area contributed by atoms with Crippen LogP contribution >= 0.6 is 0 Å². The summed E-state index contributed by atoms with van der Waals surface area (Å²) in [7, 11) is 1.81. The summed E-state index contributed by atoms with van der Waals surface area (Å²) in [5, 5.41) is 22.0. The summed E-state index contributed by atoms with van der Waals surface area (Å²) in [5.41, 5.74) is 0.738. The highest BCUT2D eigenvalue weighted by atomic mass is 16.6. The first-order chi connectivity index (χ1) is 13.5. The molecule has 12 heteroatoms. The van der Waals surface area contributed by atoms with Gasteiger partial charge in [-0.3, -0.25) is 29.3 Å². The van der Waals surface area contributed by atoms with Crippen molar-refractivity contribution >= 4 is 23.2 Å². The minimum atomic E-state index is -0.482. The number of aromatic nitrogens is 4. The molecular weight excluding hydrogens is 366 g/mol. The molecule has 3 heterocycles. The lowest BCUT2D eigenvalue weighted by atomic mass is 10.3. The first kappa shape index (κ1) is 19.3. The number of anilines is 1. The molecule has 1 N–H and O–H groups in total. The van der Waals surface area contributed by atoms with Crippen molar-refractivity contribution in [1.82, 2.24) is 29.8 Å². The third-order valence-corrected chi connectivity index (χ3v) is 4.28. The van der Waals surface area contributed by atoms with Gasteiger partial charge in [-0.05, 0) is 6.92 Å². The Morgan fingerprint density at radius 2 is 2.14 bits per heavy atom. The van der Waals surface area contributed by atoms with E-state index in [2.05, 4.69) is 20.5 Å². The molecule has 1 aliphatic rings. The van der Waals surface area contributed by atoms with Crippen molar-refractivity contribution < 1.29 is 9.72 Å². The van der Waals surface area contributed by atoms with Crippen LogP contribution in [0.5, 0.6) is 0 Å². The molecule has 2 aromatic rings. The van der Waals surface area contributed by atoms with Crippen molar-refractivity contribution in [3.05, 3.63) is 34.9 Å². The Bertz CT molecular complexity index is 872. The van der Waals surface area contributed by atoms with Gasteiger partial charge < -0.3 is 15.1 Å². The van der Waals surface area contributed by atoms with Gasteiger partial charge in [0.05, 0.1) is 29.9 Å². The Balaban J connectivity index is 1.60. The van der Waals surface area contributed by atoms with E-state index < -0.39 is 4.92 Å². The van der Waals surface area contributed by atoms with Crippen molar-refractivity contribution in [3.8, 4) is 0 Å². The summed E-state index contributed by atoms with van der Waals surface area (Å²) in [6.07, 6.45) is 6.08. The molecule has 0 saturated carbocycles. The Labute approximate surface area is 161 Å². The van der Waals surface area contributed by atoms with E-state index >= 15 is 0 Å². The molecule has 0 aliphatic carbocycles. The smallest absolute Gasteiger partial charge is 0.306 e. The number of hydrogen-bond donors (Lipinski definition) is 1. The zero-order valence-corrected chi connectivity index (χ0v) is 15.9. The van der Waals surface area contributed by atoms with Gasteiger partial charge in [-0.25, -0.2) is 0 Å². The molecule has 1 amide bonds. The molecule has 0 atom stereocenters. The van der Waals surface area contributed by atoms with Crippen molar-refractivity contribution in [3.63, 3.8) is 0 Å². The number of aryl methyl sites for hydroxylation is 1. The number of piperazine rings is 1. The summed E-state index contributed by atoms with van der Waals surface area (Å²) in [4.78, 5) is 31.0. The van der Waals surface area contributed by atoms with E-state index in [1.54, 1.807) is 15.8 Å². The van der Waals surface area contributed by atoms with E-state index in [1.807, 2.05) is 25.1 Å². The lowest BCUT2D eigenvalue weighted by Crippen LogP contribution is -2.55. The van der Waals surface area contributed by atoms with E-state index in [-0.39, 0.29) is 18.1 Å². The second kappa shape index (κ2) is 8.50. The molecule has 12 nitrogen and oxygen atoms in total. The average Bonchev–Trinajstić information content (AvgIpc) is 3.30. The second-order valence-electron chi connectivity index (χ2n) is 6.29. The SMILES string of the molecule is CCNC(=NCCn1cc([N+](=O)[O-])cn1)N1CCN(c2cnn(C)c2)C(=O)C1. The summed E-state index contributed by atoms with van der Waals surface area (Å²) in [6, 6.07) is 0. The maximum atomic E-state index is 12.6. The van der Waals surface area contributed by atoms with Gasteiger partial charge in [-0.1, -0.05) is 0 Å². The predicted molar refractivity (Wildman–Crippen MR) is 102 cm³/mol. The van der Waals surface area contributed by atoms with E-state index in [0.717, 1.165) is 5.69 Å². The van der Waals surface area contributed by atoms with E-state index in [4.69, 9.17) is 0 Å². The molecule has 2 aromatic heterocycles. The van der Waals surface area contributed by atoms with Crippen LogP contribution in [0.2, 0.25) is 0 Å². The van der Waals surface area contributed by atoms with Crippen molar-refractivity contribution in [1.29, 1.82) is 0 Å². The molecule has 1 aliphatic heterocycles. The number of amides is 1. The van der Waals surface area contributed by atoms with Crippen LogP contribution in [-0.4, -0.2) is 74.0 Å². The van der Waals surface area contributed by atoms with Crippen LogP contribution in [-0.2, 0) is 18.4 Å². The van der Waals surface area contributed by atoms with Crippen molar-refractivity contribution in [2.24, 2.45) is 12.0 Å². The van der Waals surface area contributed by atoms with Crippen LogP contribution in [0, 0.1) is 10.1 Å². The number of aliphatic imine (C=N–C) groups is 1. The van der Waals surface area contributed by atoms with Crippen molar-refractivity contribution in [2.45, 2.75) is 13.5 Å². The molecule has 0 radical (unpaired) electrons. The Morgan fingerprint density at radius 1 is 1.32 bits per heavy atom. The molecule has 1 fully saturated rings. The average molecular weight is 389 g/mol. The molecule has 0 aromatic carbocycles. The lowest BCUT2D eigenvalue weighted by Gasteiger charge is -2.35. The highest BCUT2D eigenvalue weighted by molar-refractivity contribution is 5.98. The zero-order chi connectivity index (χ0) is 20.1. The van der Waals surface area contributed by atoms with Gasteiger partial charge in [0.2, 0.25) is 5.91 Å². The summed E-state index contributed by atoms with van der Waals surface area (Å²) in [5.74, 6) is 0.621. The van der Waals surface area contributed by atoms with Gasteiger partial charge >= 0.3 is 5.69 Å². The van der Waals surface area contributed by atoms with E-state index in [9.17, 15) is 14.9 Å². The summed E-state index contributed by atoms with van der Waals surface area (Å²) < 4.78 is 3.15. The molecule has 1 saturated heterocycles. The standard InChI is InChI=1S/C16H23N9O3/c1-3-17-16(18-4-5-23-11-14(9-20-23)25(27)28)22-6-7-24(15(26)12-22)13-8-19-21(2)10-13/h8-11H,3-7,12H2,1-2H3,(H,17,18). The number of hydrogen-bond acceptors (Lipinski definition) is 6. The Morgan fingerprint density at radius 3 is 2.75 bits per heavy atom. The molecular formula is C16H23N9O3. The maximum Gasteiger partial charge on any atom is 0.306 e. The maximum absolute atomic E-state index is 12.6. The van der Waals surface area contributed by atoms with Gasteiger partial charge in [-0.15, -0.1) is 0 Å². The Kier molecular flexibility index (Phi) is 5.87. The number of nitro groups is 1. The number of carbonyl (C=O) groups excluding carboxylic acids is 1. The van der Waals surface area contributed by atoms with Crippen LogP contribution < -0.4 is 10.2 Å². The van der Waals surface area contributed by atoms with Crippen LogP contribution in [0.15, 0.2) is 29.8 Å². The van der Waals surface area contributed by atoms with Crippen LogP contribution in [0.25, 0.3) is 0 Å². The third kappa shape index (κ3) is 4.45. The summed E-state index contributed by atoms with van der Waals surface area (Å²) in [6.45, 7) is 4.82. The minimum absolute atomic E-state index is 0.0208. The highest BCUT2D eigenvalue weighted by Gasteiger charge is 2.27. The van der Waals surface area contributed by atoms with Gasteiger partial charge in [0.15, 0.2) is 5.96 Å².